The first-order valence-electron chi connectivity index (χ1n) is 3.37. The van der Waals surface area contributed by atoms with Gasteiger partial charge in [-0.2, -0.15) is 0 Å². The Hall–Kier alpha value is 0.976. The molecule has 0 bridgehead atoms. The van der Waals surface area contributed by atoms with Crippen molar-refractivity contribution in [3.05, 3.63) is 6.92 Å². The summed E-state index contributed by atoms with van der Waals surface area (Å²) in [4.78, 5) is 0. The summed E-state index contributed by atoms with van der Waals surface area (Å²) in [5.41, 5.74) is 0. The van der Waals surface area contributed by atoms with Crippen LogP contribution in [0.25, 0.3) is 0 Å². The Morgan fingerprint density at radius 1 is 1.18 bits per heavy atom. The molecule has 2 nitrogen and oxygen atoms in total. The Morgan fingerprint density at radius 2 is 1.55 bits per heavy atom. The van der Waals surface area contributed by atoms with Gasteiger partial charge in [0, 0.05) is 13.2 Å². The third kappa shape index (κ3) is 11.0. The van der Waals surface area contributed by atoms with Gasteiger partial charge in [-0.05, 0) is 13.8 Å². The second-order valence-electron chi connectivity index (χ2n) is 1.63. The van der Waals surface area contributed by atoms with Crippen molar-refractivity contribution < 1.29 is 21.9 Å². The first-order chi connectivity index (χ1) is 4.35. The van der Waals surface area contributed by atoms with Gasteiger partial charge < -0.3 is 28.8 Å². The van der Waals surface area contributed by atoms with E-state index in [1.165, 1.54) is 0 Å². The molecule has 0 amide bonds. The van der Waals surface area contributed by atoms with Crippen molar-refractivity contribution in [2.45, 2.75) is 26.6 Å². The molecule has 4 heteroatoms. The summed E-state index contributed by atoms with van der Waals surface area (Å²) in [6.45, 7) is 8.95. The molecule has 0 rings (SSSR count). The summed E-state index contributed by atoms with van der Waals surface area (Å²) >= 11 is 0. The van der Waals surface area contributed by atoms with E-state index in [0.717, 1.165) is 0 Å². The summed E-state index contributed by atoms with van der Waals surface area (Å²) in [7, 11) is 0. The molecule has 0 fully saturated rings. The molecular weight excluding hydrogens is 176 g/mol. The van der Waals surface area contributed by atoms with E-state index in [2.05, 4.69) is 6.92 Å². The van der Waals surface area contributed by atoms with Crippen molar-refractivity contribution in [3.8, 4) is 0 Å². The molecular formula is C7H15ClMgO2. The van der Waals surface area contributed by atoms with Gasteiger partial charge in [-0.25, -0.2) is 0 Å². The van der Waals surface area contributed by atoms with Crippen LogP contribution in [0.1, 0.15) is 20.3 Å². The predicted octanol–water partition coefficient (Wildman–Crippen LogP) is -1.77. The average molecular weight is 191 g/mol. The van der Waals surface area contributed by atoms with Gasteiger partial charge >= 0.3 is 23.1 Å². The largest absolute Gasteiger partial charge is 2.00 e. The topological polar surface area (TPSA) is 18.5 Å². The first-order valence-corrected chi connectivity index (χ1v) is 3.37. The SMILES string of the molecule is [CH2-]CC(OCC)OCC.[Cl-].[Mg+2]. The summed E-state index contributed by atoms with van der Waals surface area (Å²) in [6.07, 6.45) is 0.585. The van der Waals surface area contributed by atoms with E-state index in [9.17, 15) is 0 Å². The molecule has 0 saturated heterocycles. The minimum absolute atomic E-state index is 0. The standard InChI is InChI=1S/C7H15O2.ClH.Mg/c1-4-7(8-5-2)9-6-3;;/h7H,1,4-6H2,2-3H3;1H;/q-1;;+2/p-1. The van der Waals surface area contributed by atoms with Gasteiger partial charge in [0.05, 0.1) is 0 Å². The van der Waals surface area contributed by atoms with Crippen molar-refractivity contribution >= 4 is 23.1 Å². The van der Waals surface area contributed by atoms with Gasteiger partial charge in [0.1, 0.15) is 6.29 Å². The number of hydrogen-bond acceptors (Lipinski definition) is 2. The maximum absolute atomic E-state index is 5.15. The van der Waals surface area contributed by atoms with Crippen LogP contribution in [0.3, 0.4) is 0 Å². The van der Waals surface area contributed by atoms with Gasteiger partial charge in [0.2, 0.25) is 0 Å². The maximum atomic E-state index is 5.15. The second-order valence-corrected chi connectivity index (χ2v) is 1.63. The van der Waals surface area contributed by atoms with Gasteiger partial charge in [0.15, 0.2) is 0 Å². The molecule has 0 saturated carbocycles. The summed E-state index contributed by atoms with van der Waals surface area (Å²) in [5.74, 6) is 0. The first kappa shape index (κ1) is 17.9. The molecule has 0 aromatic heterocycles. The predicted molar refractivity (Wildman–Crippen MR) is 42.8 cm³/mol. The van der Waals surface area contributed by atoms with E-state index in [-0.39, 0.29) is 41.7 Å². The monoisotopic (exact) mass is 190 g/mol. The van der Waals surface area contributed by atoms with Crippen LogP contribution in [0.2, 0.25) is 0 Å². The molecule has 0 aliphatic heterocycles. The average Bonchev–Trinajstić information content (AvgIpc) is 1.88. The van der Waals surface area contributed by atoms with Crippen LogP contribution in [-0.4, -0.2) is 42.6 Å². The molecule has 0 aliphatic carbocycles. The third-order valence-corrected chi connectivity index (χ3v) is 0.941. The Morgan fingerprint density at radius 3 is 1.73 bits per heavy atom. The molecule has 0 aliphatic rings. The second kappa shape index (κ2) is 13.6. The Labute approximate surface area is 91.6 Å². The van der Waals surface area contributed by atoms with E-state index < -0.39 is 0 Å². The zero-order valence-electron chi connectivity index (χ0n) is 7.31. The molecule has 0 atom stereocenters. The van der Waals surface area contributed by atoms with Crippen LogP contribution in [0, 0.1) is 6.92 Å². The number of hydrogen-bond donors (Lipinski definition) is 0. The van der Waals surface area contributed by atoms with E-state index >= 15 is 0 Å². The van der Waals surface area contributed by atoms with Gasteiger partial charge in [-0.15, -0.1) is 6.42 Å². The number of ether oxygens (including phenoxy) is 2. The summed E-state index contributed by atoms with van der Waals surface area (Å²) in [6, 6.07) is 0. The van der Waals surface area contributed by atoms with E-state index in [1.54, 1.807) is 0 Å². The smallest absolute Gasteiger partial charge is 1.00 e. The maximum Gasteiger partial charge on any atom is 2.00 e. The normalized spacial score (nSPS) is 8.73. The Bertz CT molecular complexity index is 58.4. The minimum Gasteiger partial charge on any atom is -1.00 e. The molecule has 0 heterocycles. The molecule has 0 aromatic carbocycles. The van der Waals surface area contributed by atoms with Gasteiger partial charge in [0.25, 0.3) is 0 Å². The fourth-order valence-electron chi connectivity index (χ4n) is 0.587. The van der Waals surface area contributed by atoms with Gasteiger partial charge in [-0.1, -0.05) is 0 Å². The van der Waals surface area contributed by atoms with Crippen LogP contribution in [-0.2, 0) is 9.47 Å². The van der Waals surface area contributed by atoms with Crippen molar-refractivity contribution in [1.82, 2.24) is 0 Å². The van der Waals surface area contributed by atoms with E-state index in [1.807, 2.05) is 13.8 Å². The van der Waals surface area contributed by atoms with Crippen LogP contribution >= 0.6 is 0 Å². The Balaban J connectivity index is -0.000000320. The quantitative estimate of drug-likeness (QED) is 0.291. The van der Waals surface area contributed by atoms with Gasteiger partial charge in [-0.3, -0.25) is 0 Å². The molecule has 0 aromatic rings. The molecule has 64 valence electrons. The van der Waals surface area contributed by atoms with E-state index in [0.29, 0.717) is 19.6 Å². The number of halogens is 1. The van der Waals surface area contributed by atoms with Crippen LogP contribution < -0.4 is 12.4 Å². The van der Waals surface area contributed by atoms with E-state index in [4.69, 9.17) is 9.47 Å². The van der Waals surface area contributed by atoms with Crippen LogP contribution in [0.15, 0.2) is 0 Å². The van der Waals surface area contributed by atoms with Crippen LogP contribution in [0.4, 0.5) is 0 Å². The molecule has 11 heavy (non-hydrogen) atoms. The van der Waals surface area contributed by atoms with Crippen molar-refractivity contribution in [3.63, 3.8) is 0 Å². The van der Waals surface area contributed by atoms with Crippen molar-refractivity contribution in [2.24, 2.45) is 0 Å². The Kier molecular flexibility index (Phi) is 22.1. The third-order valence-electron chi connectivity index (χ3n) is 0.941. The minimum atomic E-state index is -0.0972. The number of rotatable bonds is 5. The fourth-order valence-corrected chi connectivity index (χ4v) is 0.587. The molecule has 0 N–H and O–H groups in total. The molecule has 0 spiro atoms. The van der Waals surface area contributed by atoms with Crippen molar-refractivity contribution in [2.75, 3.05) is 13.2 Å². The zero-order valence-corrected chi connectivity index (χ0v) is 9.48. The summed E-state index contributed by atoms with van der Waals surface area (Å²) in [5, 5.41) is 0. The fraction of sp³-hybridized carbons (Fsp3) is 0.857. The summed E-state index contributed by atoms with van der Waals surface area (Å²) < 4.78 is 10.3. The molecule has 0 radical (unpaired) electrons. The van der Waals surface area contributed by atoms with Crippen molar-refractivity contribution in [1.29, 1.82) is 0 Å². The molecule has 0 unspecified atom stereocenters. The van der Waals surface area contributed by atoms with Crippen LogP contribution in [0.5, 0.6) is 0 Å². The zero-order chi connectivity index (χ0) is 7.11.